The molecular weight excluding hydrogens is 305 g/mol. The van der Waals surface area contributed by atoms with Crippen LogP contribution < -0.4 is 10.6 Å². The number of carbonyl (C=O) groups excluding carboxylic acids is 1. The third kappa shape index (κ3) is 2.22. The van der Waals surface area contributed by atoms with Crippen molar-refractivity contribution in [3.05, 3.63) is 20.4 Å². The Labute approximate surface area is 103 Å². The zero-order valence-electron chi connectivity index (χ0n) is 9.26. The molecular formula is C10H14IN3O. The van der Waals surface area contributed by atoms with E-state index >= 15 is 0 Å². The van der Waals surface area contributed by atoms with Crippen LogP contribution in [-0.4, -0.2) is 25.0 Å². The molecule has 0 aliphatic rings. The second kappa shape index (κ2) is 4.34. The predicted molar refractivity (Wildman–Crippen MR) is 69.3 cm³/mol. The van der Waals surface area contributed by atoms with Crippen LogP contribution in [0.1, 0.15) is 21.6 Å². The van der Waals surface area contributed by atoms with Crippen LogP contribution in [-0.2, 0) is 0 Å². The average Bonchev–Trinajstić information content (AvgIpc) is 2.12. The van der Waals surface area contributed by atoms with Crippen LogP contribution in [0.4, 0.5) is 5.82 Å². The fourth-order valence-corrected chi connectivity index (χ4v) is 1.82. The maximum Gasteiger partial charge on any atom is 0.252 e. The van der Waals surface area contributed by atoms with Gasteiger partial charge in [0.15, 0.2) is 0 Å². The number of hydrogen-bond donors (Lipinski definition) is 1. The van der Waals surface area contributed by atoms with Crippen molar-refractivity contribution in [3.8, 4) is 0 Å². The van der Waals surface area contributed by atoms with Crippen molar-refractivity contribution >= 4 is 34.3 Å². The molecule has 0 spiro atoms. The van der Waals surface area contributed by atoms with Crippen LogP contribution in [0.5, 0.6) is 0 Å². The maximum atomic E-state index is 11.4. The summed E-state index contributed by atoms with van der Waals surface area (Å²) in [6.45, 7) is 3.82. The van der Waals surface area contributed by atoms with Crippen LogP contribution in [0, 0.1) is 17.4 Å². The number of carbonyl (C=O) groups is 1. The molecule has 2 N–H and O–H groups in total. The molecule has 0 aliphatic heterocycles. The highest BCUT2D eigenvalue weighted by atomic mass is 127. The van der Waals surface area contributed by atoms with Crippen LogP contribution in [0.25, 0.3) is 0 Å². The van der Waals surface area contributed by atoms with Crippen molar-refractivity contribution < 1.29 is 4.79 Å². The topological polar surface area (TPSA) is 59.2 Å². The molecule has 82 valence electrons. The molecule has 4 nitrogen and oxygen atoms in total. The number of rotatable bonds is 2. The van der Waals surface area contributed by atoms with Gasteiger partial charge in [-0.3, -0.25) is 4.79 Å². The molecule has 0 saturated carbocycles. The van der Waals surface area contributed by atoms with E-state index in [2.05, 4.69) is 27.6 Å². The minimum absolute atomic E-state index is 0.429. The summed E-state index contributed by atoms with van der Waals surface area (Å²) in [6.07, 6.45) is 0. The minimum atomic E-state index is -0.429. The van der Waals surface area contributed by atoms with Gasteiger partial charge in [0.1, 0.15) is 5.82 Å². The number of nitrogens with zero attached hydrogens (tertiary/aromatic N) is 2. The first-order chi connectivity index (χ1) is 6.86. The Hall–Kier alpha value is -0.850. The number of aromatic nitrogens is 1. The van der Waals surface area contributed by atoms with Crippen molar-refractivity contribution in [2.24, 2.45) is 5.73 Å². The highest BCUT2D eigenvalue weighted by Crippen LogP contribution is 2.25. The van der Waals surface area contributed by atoms with Gasteiger partial charge < -0.3 is 10.6 Å². The summed E-state index contributed by atoms with van der Waals surface area (Å²) in [6, 6.07) is 0. The lowest BCUT2D eigenvalue weighted by molar-refractivity contribution is 0.1000. The van der Waals surface area contributed by atoms with E-state index in [0.717, 1.165) is 14.8 Å². The molecule has 1 amide bonds. The lowest BCUT2D eigenvalue weighted by atomic mass is 10.1. The third-order valence-corrected chi connectivity index (χ3v) is 3.78. The van der Waals surface area contributed by atoms with Gasteiger partial charge in [-0.05, 0) is 42.0 Å². The smallest absolute Gasteiger partial charge is 0.252 e. The fraction of sp³-hybridized carbons (Fsp3) is 0.400. The number of aryl methyl sites for hydroxylation is 1. The van der Waals surface area contributed by atoms with Gasteiger partial charge in [0.05, 0.1) is 11.3 Å². The SMILES string of the molecule is Cc1nc(N(C)C)c(C(N)=O)c(C)c1I. The molecule has 0 atom stereocenters. The lowest BCUT2D eigenvalue weighted by Gasteiger charge is -2.18. The number of hydrogen-bond acceptors (Lipinski definition) is 3. The Balaban J connectivity index is 3.58. The van der Waals surface area contributed by atoms with E-state index in [1.165, 1.54) is 0 Å². The molecule has 0 fully saturated rings. The standard InChI is InChI=1S/C10H14IN3O/c1-5-7(9(12)15)10(14(3)4)13-6(2)8(5)11/h1-4H3,(H2,12,15). The first-order valence-corrected chi connectivity index (χ1v) is 5.58. The largest absolute Gasteiger partial charge is 0.365 e. The summed E-state index contributed by atoms with van der Waals surface area (Å²) in [4.78, 5) is 17.5. The van der Waals surface area contributed by atoms with E-state index < -0.39 is 5.91 Å². The Morgan fingerprint density at radius 1 is 1.40 bits per heavy atom. The first-order valence-electron chi connectivity index (χ1n) is 4.50. The highest BCUT2D eigenvalue weighted by Gasteiger charge is 2.18. The highest BCUT2D eigenvalue weighted by molar-refractivity contribution is 14.1. The van der Waals surface area contributed by atoms with Crippen molar-refractivity contribution in [2.75, 3.05) is 19.0 Å². The minimum Gasteiger partial charge on any atom is -0.365 e. The number of nitrogens with two attached hydrogens (primary N) is 1. The lowest BCUT2D eigenvalue weighted by Crippen LogP contribution is -2.22. The van der Waals surface area contributed by atoms with Gasteiger partial charge >= 0.3 is 0 Å². The molecule has 0 saturated heterocycles. The van der Waals surface area contributed by atoms with Gasteiger partial charge in [0.25, 0.3) is 5.91 Å². The number of halogens is 1. The van der Waals surface area contributed by atoms with Crippen molar-refractivity contribution in [2.45, 2.75) is 13.8 Å². The Morgan fingerprint density at radius 2 is 1.93 bits per heavy atom. The summed E-state index contributed by atoms with van der Waals surface area (Å²) in [7, 11) is 3.70. The molecule has 1 aromatic heterocycles. The van der Waals surface area contributed by atoms with Gasteiger partial charge in [-0.25, -0.2) is 4.98 Å². The summed E-state index contributed by atoms with van der Waals surface area (Å²) in [5.41, 5.74) is 7.69. The number of amides is 1. The monoisotopic (exact) mass is 319 g/mol. The van der Waals surface area contributed by atoms with Gasteiger partial charge in [-0.1, -0.05) is 0 Å². The summed E-state index contributed by atoms with van der Waals surface area (Å²) in [5, 5.41) is 0. The van der Waals surface area contributed by atoms with Gasteiger partial charge in [-0.15, -0.1) is 0 Å². The molecule has 0 aromatic carbocycles. The van der Waals surface area contributed by atoms with Crippen molar-refractivity contribution in [1.82, 2.24) is 4.98 Å². The van der Waals surface area contributed by atoms with Gasteiger partial charge in [0, 0.05) is 17.7 Å². The van der Waals surface area contributed by atoms with Crippen LogP contribution >= 0.6 is 22.6 Å². The Bertz CT molecular complexity index is 416. The van der Waals surface area contributed by atoms with E-state index in [-0.39, 0.29) is 0 Å². The fourth-order valence-electron chi connectivity index (χ4n) is 1.43. The Kier molecular flexibility index (Phi) is 3.54. The maximum absolute atomic E-state index is 11.4. The number of pyridine rings is 1. The average molecular weight is 319 g/mol. The van der Waals surface area contributed by atoms with Crippen molar-refractivity contribution in [3.63, 3.8) is 0 Å². The van der Waals surface area contributed by atoms with E-state index in [4.69, 9.17) is 5.73 Å². The molecule has 0 aliphatic carbocycles. The van der Waals surface area contributed by atoms with E-state index in [9.17, 15) is 4.79 Å². The molecule has 0 radical (unpaired) electrons. The van der Waals surface area contributed by atoms with Crippen molar-refractivity contribution in [1.29, 1.82) is 0 Å². The normalized spacial score (nSPS) is 10.2. The third-order valence-electron chi connectivity index (χ3n) is 2.19. The molecule has 1 heterocycles. The summed E-state index contributed by atoms with van der Waals surface area (Å²) >= 11 is 2.18. The molecule has 5 heteroatoms. The van der Waals surface area contributed by atoms with Crippen LogP contribution in [0.3, 0.4) is 0 Å². The van der Waals surface area contributed by atoms with E-state index in [1.54, 1.807) is 4.90 Å². The quantitative estimate of drug-likeness (QED) is 0.840. The van der Waals surface area contributed by atoms with E-state index in [0.29, 0.717) is 11.4 Å². The zero-order chi connectivity index (χ0) is 11.7. The second-order valence-electron chi connectivity index (χ2n) is 3.59. The molecule has 0 unspecified atom stereocenters. The van der Waals surface area contributed by atoms with Crippen LogP contribution in [0.2, 0.25) is 0 Å². The molecule has 15 heavy (non-hydrogen) atoms. The summed E-state index contributed by atoms with van der Waals surface area (Å²) in [5.74, 6) is 0.208. The summed E-state index contributed by atoms with van der Waals surface area (Å²) < 4.78 is 0.993. The number of anilines is 1. The van der Waals surface area contributed by atoms with E-state index in [1.807, 2.05) is 27.9 Å². The molecule has 1 rings (SSSR count). The van der Waals surface area contributed by atoms with Gasteiger partial charge in [-0.2, -0.15) is 0 Å². The predicted octanol–water partition coefficient (Wildman–Crippen LogP) is 1.47. The second-order valence-corrected chi connectivity index (χ2v) is 4.67. The first kappa shape index (κ1) is 12.2. The Morgan fingerprint density at radius 3 is 2.33 bits per heavy atom. The molecule has 0 bridgehead atoms. The van der Waals surface area contributed by atoms with Gasteiger partial charge in [0.2, 0.25) is 0 Å². The van der Waals surface area contributed by atoms with Crippen LogP contribution in [0.15, 0.2) is 0 Å². The number of primary amides is 1. The zero-order valence-corrected chi connectivity index (χ0v) is 11.4. The molecule has 1 aromatic rings.